The van der Waals surface area contributed by atoms with Crippen LogP contribution in [0.3, 0.4) is 0 Å². The average Bonchev–Trinajstić information content (AvgIpc) is 3.18. The van der Waals surface area contributed by atoms with Gasteiger partial charge in [-0.15, -0.1) is 5.10 Å². The number of aryl methyl sites for hydroxylation is 1. The average molecular weight is 392 g/mol. The zero-order valence-electron chi connectivity index (χ0n) is 17.2. The van der Waals surface area contributed by atoms with E-state index in [4.69, 9.17) is 0 Å². The van der Waals surface area contributed by atoms with E-state index in [2.05, 4.69) is 39.7 Å². The maximum absolute atomic E-state index is 12.7. The number of carbonyl (C=O) groups is 1. The number of para-hydroxylation sites is 1. The number of likely N-dealkylation sites (tertiary alicyclic amines) is 1. The lowest BCUT2D eigenvalue weighted by atomic mass is 9.91. The molecule has 29 heavy (non-hydrogen) atoms. The van der Waals surface area contributed by atoms with Gasteiger partial charge in [-0.25, -0.2) is 4.68 Å². The Hall–Kier alpha value is -2.73. The topological polar surface area (TPSA) is 63.1 Å². The lowest BCUT2D eigenvalue weighted by Gasteiger charge is -2.28. The molecule has 1 unspecified atom stereocenters. The number of fused-ring (bicyclic) bond motifs is 1. The van der Waals surface area contributed by atoms with E-state index >= 15 is 0 Å². The number of nitrogens with one attached hydrogen (secondary N) is 1. The molecule has 0 aliphatic carbocycles. The first-order chi connectivity index (χ1) is 14.1. The molecule has 1 aromatic heterocycles. The number of piperidine rings is 1. The third kappa shape index (κ3) is 4.65. The third-order valence-corrected chi connectivity index (χ3v) is 6.02. The molecule has 0 saturated carbocycles. The number of anilines is 1. The van der Waals surface area contributed by atoms with Gasteiger partial charge < -0.3 is 10.2 Å². The zero-order chi connectivity index (χ0) is 20.2. The smallest absolute Gasteiger partial charge is 0.249 e. The van der Waals surface area contributed by atoms with E-state index in [9.17, 15) is 4.79 Å². The summed E-state index contributed by atoms with van der Waals surface area (Å²) in [6.45, 7) is 4.27. The van der Waals surface area contributed by atoms with E-state index in [1.54, 1.807) is 4.68 Å². The monoisotopic (exact) mass is 391 g/mol. The van der Waals surface area contributed by atoms with Crippen LogP contribution >= 0.6 is 0 Å². The standard InChI is InChI=1S/C23H29N5O/c1-17(28-22-6-4-3-5-21(22)25-26-28)23(29)24-20-11-9-18(10-12-20)7-8-19-13-15-27(2)16-14-19/h3-6,9-12,17,19H,7-8,13-16H2,1-2H3,(H,24,29). The summed E-state index contributed by atoms with van der Waals surface area (Å²) in [7, 11) is 2.20. The molecule has 0 bridgehead atoms. The Labute approximate surface area is 171 Å². The van der Waals surface area contributed by atoms with Crippen LogP contribution < -0.4 is 5.32 Å². The van der Waals surface area contributed by atoms with Crippen molar-refractivity contribution in [3.8, 4) is 0 Å². The van der Waals surface area contributed by atoms with Gasteiger partial charge >= 0.3 is 0 Å². The first-order valence-corrected chi connectivity index (χ1v) is 10.5. The van der Waals surface area contributed by atoms with Crippen LogP contribution in [0.4, 0.5) is 5.69 Å². The van der Waals surface area contributed by atoms with Crippen molar-refractivity contribution in [2.45, 2.75) is 38.6 Å². The SMILES string of the molecule is CC(C(=O)Nc1ccc(CCC2CCN(C)CC2)cc1)n1nnc2ccccc21. The van der Waals surface area contributed by atoms with Gasteiger partial charge in [0.15, 0.2) is 0 Å². The van der Waals surface area contributed by atoms with Crippen LogP contribution in [0, 0.1) is 5.92 Å². The fourth-order valence-electron chi connectivity index (χ4n) is 4.01. The molecule has 0 spiro atoms. The molecule has 6 heteroatoms. The second-order valence-corrected chi connectivity index (χ2v) is 8.17. The van der Waals surface area contributed by atoms with Crippen LogP contribution in [-0.4, -0.2) is 45.9 Å². The van der Waals surface area contributed by atoms with E-state index in [0.29, 0.717) is 0 Å². The number of hydrogen-bond acceptors (Lipinski definition) is 4. The van der Waals surface area contributed by atoms with Gasteiger partial charge in [-0.3, -0.25) is 4.79 Å². The van der Waals surface area contributed by atoms with Crippen molar-refractivity contribution >= 4 is 22.6 Å². The van der Waals surface area contributed by atoms with Crippen molar-refractivity contribution in [2.75, 3.05) is 25.5 Å². The predicted molar refractivity (Wildman–Crippen MR) is 116 cm³/mol. The van der Waals surface area contributed by atoms with Gasteiger partial charge in [0.1, 0.15) is 11.6 Å². The minimum atomic E-state index is -0.438. The van der Waals surface area contributed by atoms with Crippen molar-refractivity contribution in [2.24, 2.45) is 5.92 Å². The molecular weight excluding hydrogens is 362 g/mol. The molecule has 1 fully saturated rings. The Morgan fingerprint density at radius 2 is 1.86 bits per heavy atom. The molecular formula is C23H29N5O. The van der Waals surface area contributed by atoms with Crippen LogP contribution in [0.1, 0.15) is 37.8 Å². The Balaban J connectivity index is 1.32. The van der Waals surface area contributed by atoms with Crippen molar-refractivity contribution in [1.29, 1.82) is 0 Å². The highest BCUT2D eigenvalue weighted by molar-refractivity contribution is 5.94. The van der Waals surface area contributed by atoms with Crippen molar-refractivity contribution in [1.82, 2.24) is 19.9 Å². The number of nitrogens with zero attached hydrogens (tertiary/aromatic N) is 4. The molecule has 1 saturated heterocycles. The number of hydrogen-bond donors (Lipinski definition) is 1. The summed E-state index contributed by atoms with van der Waals surface area (Å²) in [5.41, 5.74) is 3.80. The summed E-state index contributed by atoms with van der Waals surface area (Å²) < 4.78 is 1.67. The Morgan fingerprint density at radius 1 is 1.14 bits per heavy atom. The summed E-state index contributed by atoms with van der Waals surface area (Å²) >= 11 is 0. The Morgan fingerprint density at radius 3 is 2.62 bits per heavy atom. The summed E-state index contributed by atoms with van der Waals surface area (Å²) in [4.78, 5) is 15.1. The van der Waals surface area contributed by atoms with Crippen molar-refractivity contribution in [3.05, 3.63) is 54.1 Å². The van der Waals surface area contributed by atoms with Gasteiger partial charge in [-0.2, -0.15) is 0 Å². The summed E-state index contributed by atoms with van der Waals surface area (Å²) in [5.74, 6) is 0.740. The predicted octanol–water partition coefficient (Wildman–Crippen LogP) is 3.91. The molecule has 3 aromatic rings. The molecule has 0 radical (unpaired) electrons. The highest BCUT2D eigenvalue weighted by Gasteiger charge is 2.19. The largest absolute Gasteiger partial charge is 0.324 e. The number of rotatable bonds is 6. The molecule has 6 nitrogen and oxygen atoms in total. The van der Waals surface area contributed by atoms with Crippen LogP contribution in [0.2, 0.25) is 0 Å². The minimum absolute atomic E-state index is 0.0975. The summed E-state index contributed by atoms with van der Waals surface area (Å²) in [5, 5.41) is 11.3. The quantitative estimate of drug-likeness (QED) is 0.692. The van der Waals surface area contributed by atoms with Crippen molar-refractivity contribution in [3.63, 3.8) is 0 Å². The van der Waals surface area contributed by atoms with E-state index in [1.807, 2.05) is 43.3 Å². The third-order valence-electron chi connectivity index (χ3n) is 6.02. The zero-order valence-corrected chi connectivity index (χ0v) is 17.2. The van der Waals surface area contributed by atoms with E-state index < -0.39 is 6.04 Å². The number of carbonyl (C=O) groups excluding carboxylic acids is 1. The number of aromatic nitrogens is 3. The maximum atomic E-state index is 12.7. The van der Waals surface area contributed by atoms with Crippen LogP contribution in [0.15, 0.2) is 48.5 Å². The lowest BCUT2D eigenvalue weighted by molar-refractivity contribution is -0.119. The fourth-order valence-corrected chi connectivity index (χ4v) is 4.01. The van der Waals surface area contributed by atoms with E-state index in [-0.39, 0.29) is 5.91 Å². The molecule has 1 atom stereocenters. The van der Waals surface area contributed by atoms with Gasteiger partial charge in [0.05, 0.1) is 5.52 Å². The molecule has 1 aliphatic rings. The molecule has 1 aliphatic heterocycles. The molecule has 4 rings (SSSR count). The van der Waals surface area contributed by atoms with Crippen LogP contribution in [-0.2, 0) is 11.2 Å². The first kappa shape index (κ1) is 19.6. The van der Waals surface area contributed by atoms with Gasteiger partial charge in [-0.05, 0) is 88.5 Å². The molecule has 2 aromatic carbocycles. The molecule has 1 N–H and O–H groups in total. The molecule has 1 amide bonds. The van der Waals surface area contributed by atoms with Crippen molar-refractivity contribution < 1.29 is 4.79 Å². The van der Waals surface area contributed by atoms with E-state index in [0.717, 1.165) is 29.1 Å². The van der Waals surface area contributed by atoms with Gasteiger partial charge in [0, 0.05) is 5.69 Å². The maximum Gasteiger partial charge on any atom is 0.249 e. The number of amides is 1. The minimum Gasteiger partial charge on any atom is -0.324 e. The molecule has 152 valence electrons. The lowest BCUT2D eigenvalue weighted by Crippen LogP contribution is -2.30. The van der Waals surface area contributed by atoms with Crippen LogP contribution in [0.5, 0.6) is 0 Å². The van der Waals surface area contributed by atoms with Gasteiger partial charge in [0.2, 0.25) is 5.91 Å². The Kier molecular flexibility index (Phi) is 5.90. The summed E-state index contributed by atoms with van der Waals surface area (Å²) in [6.07, 6.45) is 4.96. The molecule has 2 heterocycles. The van der Waals surface area contributed by atoms with Gasteiger partial charge in [-0.1, -0.05) is 29.5 Å². The van der Waals surface area contributed by atoms with Gasteiger partial charge in [0.25, 0.3) is 0 Å². The highest BCUT2D eigenvalue weighted by atomic mass is 16.2. The number of benzene rings is 2. The first-order valence-electron chi connectivity index (χ1n) is 10.5. The summed E-state index contributed by atoms with van der Waals surface area (Å²) in [6, 6.07) is 15.5. The second kappa shape index (κ2) is 8.74. The van der Waals surface area contributed by atoms with E-state index in [1.165, 1.54) is 37.9 Å². The highest BCUT2D eigenvalue weighted by Crippen LogP contribution is 2.22. The van der Waals surface area contributed by atoms with Crippen LogP contribution in [0.25, 0.3) is 11.0 Å². The fraction of sp³-hybridized carbons (Fsp3) is 0.435. The second-order valence-electron chi connectivity index (χ2n) is 8.17. The normalized spacial score (nSPS) is 16.8. The Bertz CT molecular complexity index is 957.